The number of likely N-dealkylation sites (tertiary alicyclic amines) is 1. The van der Waals surface area contributed by atoms with Crippen LogP contribution in [0.25, 0.3) is 0 Å². The first-order chi connectivity index (χ1) is 9.16. The van der Waals surface area contributed by atoms with Crippen molar-refractivity contribution in [2.45, 2.75) is 46.6 Å². The van der Waals surface area contributed by atoms with Crippen molar-refractivity contribution < 1.29 is 0 Å². The SMILES string of the molecule is Cc1cc(C)c(CNCCCN2CCCC2)cc1C. The number of benzene rings is 1. The van der Waals surface area contributed by atoms with Gasteiger partial charge in [-0.25, -0.2) is 0 Å². The van der Waals surface area contributed by atoms with Gasteiger partial charge in [0.05, 0.1) is 0 Å². The third kappa shape index (κ3) is 4.32. The average Bonchev–Trinajstić information content (AvgIpc) is 2.88. The highest BCUT2D eigenvalue weighted by Gasteiger charge is 2.10. The minimum Gasteiger partial charge on any atom is -0.313 e. The number of nitrogens with zero attached hydrogens (tertiary/aromatic N) is 1. The van der Waals surface area contributed by atoms with E-state index >= 15 is 0 Å². The molecule has 0 bridgehead atoms. The standard InChI is InChI=1S/C17H28N2/c1-14-11-16(3)17(12-15(14)2)13-18-7-6-10-19-8-4-5-9-19/h11-12,18H,4-10,13H2,1-3H3. The van der Waals surface area contributed by atoms with Crippen LogP contribution in [-0.2, 0) is 6.54 Å². The molecule has 2 nitrogen and oxygen atoms in total. The van der Waals surface area contributed by atoms with E-state index < -0.39 is 0 Å². The molecule has 1 fully saturated rings. The van der Waals surface area contributed by atoms with Gasteiger partial charge in [0.15, 0.2) is 0 Å². The molecule has 1 heterocycles. The van der Waals surface area contributed by atoms with Crippen LogP contribution in [0.5, 0.6) is 0 Å². The summed E-state index contributed by atoms with van der Waals surface area (Å²) in [7, 11) is 0. The van der Waals surface area contributed by atoms with Crippen LogP contribution in [0.1, 0.15) is 41.5 Å². The molecule has 1 saturated heterocycles. The molecule has 0 saturated carbocycles. The summed E-state index contributed by atoms with van der Waals surface area (Å²) < 4.78 is 0. The van der Waals surface area contributed by atoms with Gasteiger partial charge in [0.1, 0.15) is 0 Å². The zero-order valence-corrected chi connectivity index (χ0v) is 12.8. The molecule has 0 unspecified atom stereocenters. The van der Waals surface area contributed by atoms with Crippen molar-refractivity contribution in [3.05, 3.63) is 34.4 Å². The van der Waals surface area contributed by atoms with Crippen LogP contribution < -0.4 is 5.32 Å². The Hall–Kier alpha value is -0.860. The lowest BCUT2D eigenvalue weighted by atomic mass is 10.0. The zero-order valence-electron chi connectivity index (χ0n) is 12.8. The minimum absolute atomic E-state index is 1.01. The molecule has 1 aromatic carbocycles. The highest BCUT2D eigenvalue weighted by atomic mass is 15.1. The summed E-state index contributed by atoms with van der Waals surface area (Å²) in [4.78, 5) is 2.59. The summed E-state index contributed by atoms with van der Waals surface area (Å²) in [6, 6.07) is 4.63. The second kappa shape index (κ2) is 7.06. The third-order valence-electron chi connectivity index (χ3n) is 4.29. The highest BCUT2D eigenvalue weighted by molar-refractivity contribution is 5.36. The van der Waals surface area contributed by atoms with Gasteiger partial charge in [0.2, 0.25) is 0 Å². The van der Waals surface area contributed by atoms with Crippen LogP contribution in [0.2, 0.25) is 0 Å². The van der Waals surface area contributed by atoms with Gasteiger partial charge < -0.3 is 10.2 Å². The van der Waals surface area contributed by atoms with Crippen LogP contribution in [0.3, 0.4) is 0 Å². The highest BCUT2D eigenvalue weighted by Crippen LogP contribution is 2.15. The van der Waals surface area contributed by atoms with Crippen molar-refractivity contribution in [2.75, 3.05) is 26.2 Å². The summed E-state index contributed by atoms with van der Waals surface area (Å²) in [6.45, 7) is 12.6. The fraction of sp³-hybridized carbons (Fsp3) is 0.647. The largest absolute Gasteiger partial charge is 0.313 e. The summed E-state index contributed by atoms with van der Waals surface area (Å²) >= 11 is 0. The van der Waals surface area contributed by atoms with E-state index in [1.807, 2.05) is 0 Å². The van der Waals surface area contributed by atoms with Crippen LogP contribution in [0.15, 0.2) is 12.1 Å². The van der Waals surface area contributed by atoms with E-state index in [1.165, 1.54) is 61.2 Å². The molecule has 2 rings (SSSR count). The molecule has 19 heavy (non-hydrogen) atoms. The summed E-state index contributed by atoms with van der Waals surface area (Å²) in [5.74, 6) is 0. The second-order valence-corrected chi connectivity index (χ2v) is 5.94. The van der Waals surface area contributed by atoms with Crippen LogP contribution >= 0.6 is 0 Å². The van der Waals surface area contributed by atoms with Gasteiger partial charge in [-0.2, -0.15) is 0 Å². The number of nitrogens with one attached hydrogen (secondary N) is 1. The first kappa shape index (κ1) is 14.5. The van der Waals surface area contributed by atoms with Gasteiger partial charge >= 0.3 is 0 Å². The molecule has 106 valence electrons. The lowest BCUT2D eigenvalue weighted by Gasteiger charge is -2.15. The van der Waals surface area contributed by atoms with E-state index in [0.29, 0.717) is 0 Å². The molecule has 0 aliphatic carbocycles. The Balaban J connectivity index is 1.69. The number of hydrogen-bond acceptors (Lipinski definition) is 2. The fourth-order valence-corrected chi connectivity index (χ4v) is 2.87. The van der Waals surface area contributed by atoms with Crippen LogP contribution in [0, 0.1) is 20.8 Å². The number of hydrogen-bond donors (Lipinski definition) is 1. The molecule has 1 aliphatic heterocycles. The first-order valence-corrected chi connectivity index (χ1v) is 7.66. The Morgan fingerprint density at radius 2 is 1.68 bits per heavy atom. The smallest absolute Gasteiger partial charge is 0.0208 e. The van der Waals surface area contributed by atoms with Gasteiger partial charge in [-0.3, -0.25) is 0 Å². The molecule has 0 spiro atoms. The Bertz CT molecular complexity index is 406. The van der Waals surface area contributed by atoms with Crippen molar-refractivity contribution in [1.82, 2.24) is 10.2 Å². The van der Waals surface area contributed by atoms with Crippen molar-refractivity contribution in [3.8, 4) is 0 Å². The molecule has 0 atom stereocenters. The van der Waals surface area contributed by atoms with Crippen LogP contribution in [0.4, 0.5) is 0 Å². The van der Waals surface area contributed by atoms with Crippen LogP contribution in [-0.4, -0.2) is 31.1 Å². The van der Waals surface area contributed by atoms with Crippen molar-refractivity contribution in [1.29, 1.82) is 0 Å². The molecule has 1 aliphatic rings. The summed E-state index contributed by atoms with van der Waals surface area (Å²) in [5, 5.41) is 3.59. The van der Waals surface area contributed by atoms with E-state index in [4.69, 9.17) is 0 Å². The zero-order chi connectivity index (χ0) is 13.7. The van der Waals surface area contributed by atoms with E-state index in [9.17, 15) is 0 Å². The predicted molar refractivity (Wildman–Crippen MR) is 82.7 cm³/mol. The monoisotopic (exact) mass is 260 g/mol. The topological polar surface area (TPSA) is 15.3 Å². The number of rotatable bonds is 6. The van der Waals surface area contributed by atoms with E-state index in [-0.39, 0.29) is 0 Å². The normalized spacial score (nSPS) is 16.2. The molecule has 0 amide bonds. The Kier molecular flexibility index (Phi) is 5.41. The number of aryl methyl sites for hydroxylation is 3. The lowest BCUT2D eigenvalue weighted by molar-refractivity contribution is 0.331. The fourth-order valence-electron chi connectivity index (χ4n) is 2.87. The van der Waals surface area contributed by atoms with Gasteiger partial charge in [0, 0.05) is 6.54 Å². The van der Waals surface area contributed by atoms with Gasteiger partial charge in [-0.15, -0.1) is 0 Å². The quantitative estimate of drug-likeness (QED) is 0.790. The van der Waals surface area contributed by atoms with Crippen molar-refractivity contribution in [3.63, 3.8) is 0 Å². The maximum atomic E-state index is 3.59. The molecule has 2 heteroatoms. The Morgan fingerprint density at radius 1 is 1.00 bits per heavy atom. The third-order valence-corrected chi connectivity index (χ3v) is 4.29. The summed E-state index contributed by atoms with van der Waals surface area (Å²) in [5.41, 5.74) is 5.66. The Morgan fingerprint density at radius 3 is 2.42 bits per heavy atom. The molecule has 0 radical (unpaired) electrons. The molecule has 1 N–H and O–H groups in total. The van der Waals surface area contributed by atoms with E-state index in [2.05, 4.69) is 43.1 Å². The minimum atomic E-state index is 1.01. The maximum absolute atomic E-state index is 3.59. The molecule has 1 aromatic rings. The van der Waals surface area contributed by atoms with E-state index in [0.717, 1.165) is 13.1 Å². The van der Waals surface area contributed by atoms with E-state index in [1.54, 1.807) is 0 Å². The second-order valence-electron chi connectivity index (χ2n) is 5.94. The van der Waals surface area contributed by atoms with Gasteiger partial charge in [-0.05, 0) is 88.5 Å². The average molecular weight is 260 g/mol. The van der Waals surface area contributed by atoms with Crippen molar-refractivity contribution >= 4 is 0 Å². The predicted octanol–water partition coefficient (Wildman–Crippen LogP) is 3.19. The van der Waals surface area contributed by atoms with Gasteiger partial charge in [-0.1, -0.05) is 12.1 Å². The van der Waals surface area contributed by atoms with Crippen molar-refractivity contribution in [2.24, 2.45) is 0 Å². The molecular formula is C17H28N2. The van der Waals surface area contributed by atoms with Gasteiger partial charge in [0.25, 0.3) is 0 Å². The lowest BCUT2D eigenvalue weighted by Crippen LogP contribution is -2.24. The molecular weight excluding hydrogens is 232 g/mol. The Labute approximate surface area is 118 Å². The first-order valence-electron chi connectivity index (χ1n) is 7.66. The maximum Gasteiger partial charge on any atom is 0.0208 e. The summed E-state index contributed by atoms with van der Waals surface area (Å²) in [6.07, 6.45) is 4.06. The molecule has 0 aromatic heterocycles.